The summed E-state index contributed by atoms with van der Waals surface area (Å²) in [6, 6.07) is 44.2. The van der Waals surface area contributed by atoms with Crippen molar-refractivity contribution in [2.45, 2.75) is 40.8 Å². The predicted octanol–water partition coefficient (Wildman–Crippen LogP) is 14.0. The van der Waals surface area contributed by atoms with Gasteiger partial charge >= 0.3 is 6.18 Å². The fourth-order valence-corrected chi connectivity index (χ4v) is 9.48. The zero-order chi connectivity index (χ0) is 46.3. The first-order valence-corrected chi connectivity index (χ1v) is 21.6. The molecule has 0 aliphatic heterocycles. The predicted molar refractivity (Wildman–Crippen MR) is 259 cm³/mol. The maximum atomic E-state index is 14.4. The summed E-state index contributed by atoms with van der Waals surface area (Å²) in [5.41, 5.74) is 9.47. The van der Waals surface area contributed by atoms with Crippen LogP contribution < -0.4 is 0 Å². The van der Waals surface area contributed by atoms with Gasteiger partial charge in [0, 0.05) is 38.2 Å². The molecule has 0 atom stereocenters. The SMILES string of the molecule is [C-]#[N+]c1ccc(-n2c3ccccc3c3cc(-c4nc(C)nc(C)n4)ccc32)c(-c2cc(-c3cc(C)cc(C(F)(F)F)c3)ccc2-n2c3ccccc3c3cc(-c4nc(C)nc(C)n4)ccc32)c1. The summed E-state index contributed by atoms with van der Waals surface area (Å²) in [5.74, 6) is 3.66. The number of aryl methyl sites for hydroxylation is 5. The van der Waals surface area contributed by atoms with Crippen LogP contribution in [0.4, 0.5) is 18.9 Å². The van der Waals surface area contributed by atoms with E-state index in [0.717, 1.165) is 66.1 Å². The van der Waals surface area contributed by atoms with E-state index in [0.29, 0.717) is 68.5 Å². The molecule has 0 unspecified atom stereocenters. The minimum Gasteiger partial charge on any atom is -0.309 e. The van der Waals surface area contributed by atoms with E-state index in [1.807, 2.05) is 100 Å². The van der Waals surface area contributed by atoms with Crippen molar-refractivity contribution in [1.29, 1.82) is 0 Å². The smallest absolute Gasteiger partial charge is 0.309 e. The molecule has 11 aromatic rings. The first-order chi connectivity index (χ1) is 32.3. The molecule has 4 heterocycles. The van der Waals surface area contributed by atoms with Crippen molar-refractivity contribution in [2.75, 3.05) is 0 Å². The Morgan fingerprint density at radius 2 is 0.896 bits per heavy atom. The van der Waals surface area contributed by atoms with Crippen LogP contribution in [0.5, 0.6) is 0 Å². The summed E-state index contributed by atoms with van der Waals surface area (Å²) < 4.78 is 47.5. The van der Waals surface area contributed by atoms with Crippen LogP contribution >= 0.6 is 0 Å². The quantitative estimate of drug-likeness (QED) is 0.155. The van der Waals surface area contributed by atoms with Crippen molar-refractivity contribution < 1.29 is 13.2 Å². The van der Waals surface area contributed by atoms with Gasteiger partial charge in [-0.05, 0) is 142 Å². The molecule has 0 spiro atoms. The highest BCUT2D eigenvalue weighted by molar-refractivity contribution is 6.12. The first kappa shape index (κ1) is 41.2. The van der Waals surface area contributed by atoms with Gasteiger partial charge in [-0.25, -0.2) is 34.7 Å². The number of benzene rings is 7. The van der Waals surface area contributed by atoms with Gasteiger partial charge in [-0.15, -0.1) is 0 Å². The van der Waals surface area contributed by atoms with Crippen molar-refractivity contribution in [1.82, 2.24) is 39.0 Å². The molecule has 7 aromatic carbocycles. The zero-order valence-electron chi connectivity index (χ0n) is 36.9. The van der Waals surface area contributed by atoms with E-state index in [-0.39, 0.29) is 0 Å². The van der Waals surface area contributed by atoms with Crippen molar-refractivity contribution in [3.8, 4) is 56.4 Å². The van der Waals surface area contributed by atoms with E-state index in [9.17, 15) is 13.2 Å². The minimum atomic E-state index is -4.54. The van der Waals surface area contributed by atoms with E-state index >= 15 is 0 Å². The van der Waals surface area contributed by atoms with Gasteiger partial charge in [0.2, 0.25) is 0 Å². The molecule has 0 bridgehead atoms. The molecule has 67 heavy (non-hydrogen) atoms. The maximum absolute atomic E-state index is 14.4. The third-order valence-electron chi connectivity index (χ3n) is 12.2. The minimum absolute atomic E-state index is 0.406. The van der Waals surface area contributed by atoms with Crippen LogP contribution in [0.15, 0.2) is 140 Å². The standard InChI is InChI=1S/C55H38F3N9/c1-30-23-38(25-39(24-30)55(56,57)58)35-15-19-51(66-47-13-9-7-11-41(47)43-27-36(16-20-49(43)66)53-62-31(2)60-32(3)63-53)45(26-35)46-29-40(59-6)18-22-52(46)67-48-14-10-8-12-42(48)44-28-37(17-21-50(44)67)54-64-33(4)61-34(5)65-54/h7-29H,1-5H3. The Kier molecular flexibility index (Phi) is 9.56. The van der Waals surface area contributed by atoms with Crippen LogP contribution in [0.2, 0.25) is 0 Å². The summed E-state index contributed by atoms with van der Waals surface area (Å²) in [5, 5.41) is 3.92. The zero-order valence-corrected chi connectivity index (χ0v) is 36.9. The second-order valence-electron chi connectivity index (χ2n) is 16.8. The molecule has 0 N–H and O–H groups in total. The molecule has 0 saturated heterocycles. The van der Waals surface area contributed by atoms with Crippen LogP contribution in [-0.2, 0) is 6.18 Å². The Balaban J connectivity index is 1.22. The molecule has 12 heteroatoms. The van der Waals surface area contributed by atoms with Crippen LogP contribution in [-0.4, -0.2) is 39.0 Å². The van der Waals surface area contributed by atoms with Gasteiger partial charge in [-0.1, -0.05) is 54.6 Å². The third-order valence-corrected chi connectivity index (χ3v) is 12.2. The van der Waals surface area contributed by atoms with Crippen LogP contribution in [0.25, 0.3) is 105 Å². The van der Waals surface area contributed by atoms with Gasteiger partial charge < -0.3 is 9.13 Å². The van der Waals surface area contributed by atoms with Gasteiger partial charge in [-0.3, -0.25) is 0 Å². The van der Waals surface area contributed by atoms with Crippen LogP contribution in [0, 0.1) is 41.2 Å². The van der Waals surface area contributed by atoms with Gasteiger partial charge in [0.15, 0.2) is 17.3 Å². The number of hydrogen-bond donors (Lipinski definition) is 0. The second-order valence-corrected chi connectivity index (χ2v) is 16.8. The Bertz CT molecular complexity index is 3850. The number of para-hydroxylation sites is 2. The average Bonchev–Trinajstić information content (AvgIpc) is 3.82. The highest BCUT2D eigenvalue weighted by atomic mass is 19.4. The summed E-state index contributed by atoms with van der Waals surface area (Å²) in [4.78, 5) is 31.3. The molecule has 0 aliphatic carbocycles. The van der Waals surface area contributed by atoms with Gasteiger partial charge in [0.05, 0.1) is 45.6 Å². The molecular weight excluding hydrogens is 844 g/mol. The number of hydrogen-bond acceptors (Lipinski definition) is 6. The number of nitrogens with zero attached hydrogens (tertiary/aromatic N) is 9. The van der Waals surface area contributed by atoms with Gasteiger partial charge in [0.1, 0.15) is 23.3 Å². The summed E-state index contributed by atoms with van der Waals surface area (Å²) in [7, 11) is 0. The number of halogens is 3. The lowest BCUT2D eigenvalue weighted by atomic mass is 9.93. The van der Waals surface area contributed by atoms with Gasteiger partial charge in [0.25, 0.3) is 0 Å². The van der Waals surface area contributed by atoms with E-state index in [1.165, 1.54) is 12.1 Å². The number of alkyl halides is 3. The molecule has 324 valence electrons. The van der Waals surface area contributed by atoms with Crippen LogP contribution in [0.1, 0.15) is 34.4 Å². The van der Waals surface area contributed by atoms with E-state index in [2.05, 4.69) is 92.4 Å². The molecule has 0 saturated carbocycles. The highest BCUT2D eigenvalue weighted by Crippen LogP contribution is 2.45. The lowest BCUT2D eigenvalue weighted by Crippen LogP contribution is -2.05. The highest BCUT2D eigenvalue weighted by Gasteiger charge is 2.31. The summed E-state index contributed by atoms with van der Waals surface area (Å²) in [6.45, 7) is 17.3. The maximum Gasteiger partial charge on any atom is 0.416 e. The topological polar surface area (TPSA) is 91.6 Å². The van der Waals surface area contributed by atoms with E-state index < -0.39 is 11.7 Å². The van der Waals surface area contributed by atoms with Crippen molar-refractivity contribution in [2.24, 2.45) is 0 Å². The molecule has 0 fully saturated rings. The molecule has 9 nitrogen and oxygen atoms in total. The second kappa shape index (κ2) is 15.6. The molecule has 4 aromatic heterocycles. The van der Waals surface area contributed by atoms with Gasteiger partial charge in [-0.2, -0.15) is 13.2 Å². The average molecular weight is 882 g/mol. The summed E-state index contributed by atoms with van der Waals surface area (Å²) in [6.07, 6.45) is -4.54. The van der Waals surface area contributed by atoms with E-state index in [4.69, 9.17) is 6.57 Å². The molecule has 0 radical (unpaired) electrons. The molecule has 0 amide bonds. The largest absolute Gasteiger partial charge is 0.416 e. The number of aromatic nitrogens is 8. The third kappa shape index (κ3) is 7.12. The number of fused-ring (bicyclic) bond motifs is 6. The van der Waals surface area contributed by atoms with Crippen LogP contribution in [0.3, 0.4) is 0 Å². The van der Waals surface area contributed by atoms with E-state index in [1.54, 1.807) is 13.0 Å². The van der Waals surface area contributed by atoms with Crippen molar-refractivity contribution in [3.63, 3.8) is 0 Å². The number of rotatable bonds is 6. The molecular formula is C55H38F3N9. The molecule has 11 rings (SSSR count). The van der Waals surface area contributed by atoms with Crippen molar-refractivity contribution >= 4 is 49.3 Å². The normalized spacial score (nSPS) is 11.9. The fourth-order valence-electron chi connectivity index (χ4n) is 9.48. The fraction of sp³-hybridized carbons (Fsp3) is 0.109. The lowest BCUT2D eigenvalue weighted by molar-refractivity contribution is -0.137. The first-order valence-electron chi connectivity index (χ1n) is 21.6. The summed E-state index contributed by atoms with van der Waals surface area (Å²) >= 11 is 0. The Labute approximate surface area is 382 Å². The molecule has 0 aliphatic rings. The Hall–Kier alpha value is -8.56. The Morgan fingerprint density at radius 3 is 1.40 bits per heavy atom. The monoisotopic (exact) mass is 881 g/mol. The van der Waals surface area contributed by atoms with Crippen molar-refractivity contribution in [3.05, 3.63) is 185 Å². The Morgan fingerprint density at radius 1 is 0.433 bits per heavy atom. The lowest BCUT2D eigenvalue weighted by Gasteiger charge is -2.20.